The van der Waals surface area contributed by atoms with E-state index in [2.05, 4.69) is 21.2 Å². The van der Waals surface area contributed by atoms with Crippen molar-refractivity contribution in [3.05, 3.63) is 26.7 Å². The van der Waals surface area contributed by atoms with E-state index in [-0.39, 0.29) is 17.7 Å². The molecule has 21 heavy (non-hydrogen) atoms. The van der Waals surface area contributed by atoms with Crippen molar-refractivity contribution in [2.45, 2.75) is 25.7 Å². The second-order valence-electron chi connectivity index (χ2n) is 5.10. The number of hydrogen-bond donors (Lipinski definition) is 2. The van der Waals surface area contributed by atoms with Gasteiger partial charge in [0.25, 0.3) is 0 Å². The van der Waals surface area contributed by atoms with Crippen molar-refractivity contribution in [1.29, 1.82) is 0 Å². The molecule has 4 nitrogen and oxygen atoms in total. The highest BCUT2D eigenvalue weighted by Gasteiger charge is 2.30. The lowest BCUT2D eigenvalue weighted by Gasteiger charge is -2.25. The number of hydrogen-bond acceptors (Lipinski definition) is 2. The summed E-state index contributed by atoms with van der Waals surface area (Å²) in [6, 6.07) is 3.39. The van der Waals surface area contributed by atoms with E-state index in [1.165, 1.54) is 0 Å². The number of carbonyl (C=O) groups excluding carboxylic acids is 1. The minimum Gasteiger partial charge on any atom is -0.481 e. The molecule has 2 N–H and O–H groups in total. The minimum atomic E-state index is -0.781. The van der Waals surface area contributed by atoms with Gasteiger partial charge in [-0.05, 0) is 53.7 Å². The maximum absolute atomic E-state index is 12.2. The van der Waals surface area contributed by atoms with Crippen molar-refractivity contribution >= 4 is 56.7 Å². The van der Waals surface area contributed by atoms with Crippen LogP contribution in [0.3, 0.4) is 0 Å². The SMILES string of the molecule is O=C(O)C1CCC(C(=O)Nc2ccc(Br)c(Cl)c2Cl)CC1. The maximum atomic E-state index is 12.2. The van der Waals surface area contributed by atoms with Gasteiger partial charge in [0.05, 0.1) is 21.7 Å². The molecule has 1 amide bonds. The number of carbonyl (C=O) groups is 2. The Bertz CT molecular complexity index is 572. The van der Waals surface area contributed by atoms with E-state index in [1.807, 2.05) is 0 Å². The number of anilines is 1. The van der Waals surface area contributed by atoms with E-state index >= 15 is 0 Å². The fourth-order valence-corrected chi connectivity index (χ4v) is 3.28. The van der Waals surface area contributed by atoms with E-state index in [1.54, 1.807) is 12.1 Å². The number of benzene rings is 1. The van der Waals surface area contributed by atoms with Gasteiger partial charge in [0.15, 0.2) is 0 Å². The molecule has 1 aliphatic rings. The zero-order valence-electron chi connectivity index (χ0n) is 11.0. The van der Waals surface area contributed by atoms with Crippen LogP contribution in [0.15, 0.2) is 16.6 Å². The lowest BCUT2D eigenvalue weighted by atomic mass is 9.81. The summed E-state index contributed by atoms with van der Waals surface area (Å²) in [6.07, 6.45) is 2.21. The van der Waals surface area contributed by atoms with E-state index < -0.39 is 5.97 Å². The molecule has 1 aromatic rings. The lowest BCUT2D eigenvalue weighted by Crippen LogP contribution is -2.29. The highest BCUT2D eigenvalue weighted by molar-refractivity contribution is 9.10. The molecule has 0 aliphatic heterocycles. The second-order valence-corrected chi connectivity index (χ2v) is 6.71. The van der Waals surface area contributed by atoms with Crippen LogP contribution >= 0.6 is 39.1 Å². The molecule has 0 radical (unpaired) electrons. The predicted molar refractivity (Wildman–Crippen MR) is 85.9 cm³/mol. The van der Waals surface area contributed by atoms with Crippen molar-refractivity contribution in [1.82, 2.24) is 0 Å². The van der Waals surface area contributed by atoms with Gasteiger partial charge >= 0.3 is 5.97 Å². The van der Waals surface area contributed by atoms with E-state index in [0.717, 1.165) is 0 Å². The molecule has 1 fully saturated rings. The van der Waals surface area contributed by atoms with Crippen LogP contribution in [0.2, 0.25) is 10.0 Å². The molecule has 0 heterocycles. The Labute approximate surface area is 140 Å². The van der Waals surface area contributed by atoms with E-state index in [0.29, 0.717) is 45.9 Å². The van der Waals surface area contributed by atoms with Crippen LogP contribution in [-0.4, -0.2) is 17.0 Å². The number of halogens is 3. The summed E-state index contributed by atoms with van der Waals surface area (Å²) in [4.78, 5) is 23.1. The van der Waals surface area contributed by atoms with Gasteiger partial charge < -0.3 is 10.4 Å². The van der Waals surface area contributed by atoms with Crippen LogP contribution in [-0.2, 0) is 9.59 Å². The van der Waals surface area contributed by atoms with Gasteiger partial charge in [0.1, 0.15) is 0 Å². The number of amides is 1. The number of rotatable bonds is 3. The van der Waals surface area contributed by atoms with E-state index in [4.69, 9.17) is 28.3 Å². The zero-order chi connectivity index (χ0) is 15.6. The molecule has 7 heteroatoms. The molecular weight excluding hydrogens is 381 g/mol. The normalized spacial score (nSPS) is 21.9. The quantitative estimate of drug-likeness (QED) is 0.737. The first-order valence-electron chi connectivity index (χ1n) is 6.57. The molecular formula is C14H14BrCl2NO3. The fraction of sp³-hybridized carbons (Fsp3) is 0.429. The van der Waals surface area contributed by atoms with Crippen LogP contribution in [0, 0.1) is 11.8 Å². The zero-order valence-corrected chi connectivity index (χ0v) is 14.1. The molecule has 114 valence electrons. The first-order chi connectivity index (χ1) is 9.90. The number of carboxylic acids is 1. The highest BCUT2D eigenvalue weighted by atomic mass is 79.9. The van der Waals surface area contributed by atoms with Crippen molar-refractivity contribution in [2.75, 3.05) is 5.32 Å². The van der Waals surface area contributed by atoms with Gasteiger partial charge in [-0.1, -0.05) is 23.2 Å². The predicted octanol–water partition coefficient (Wildman–Crippen LogP) is 4.59. The fourth-order valence-electron chi connectivity index (χ4n) is 2.46. The first kappa shape index (κ1) is 16.6. The Balaban J connectivity index is 2.00. The Kier molecular flexibility index (Phi) is 5.52. The van der Waals surface area contributed by atoms with Crippen molar-refractivity contribution in [3.63, 3.8) is 0 Å². The minimum absolute atomic E-state index is 0.140. The second kappa shape index (κ2) is 6.99. The summed E-state index contributed by atoms with van der Waals surface area (Å²) >= 11 is 15.4. The van der Waals surface area contributed by atoms with Gasteiger partial charge in [-0.15, -0.1) is 0 Å². The third kappa shape index (κ3) is 3.90. The highest BCUT2D eigenvalue weighted by Crippen LogP contribution is 2.37. The Morgan fingerprint density at radius 3 is 2.24 bits per heavy atom. The maximum Gasteiger partial charge on any atom is 0.306 e. The molecule has 1 saturated carbocycles. The van der Waals surface area contributed by atoms with Gasteiger partial charge in [-0.2, -0.15) is 0 Å². The van der Waals surface area contributed by atoms with Crippen molar-refractivity contribution in [3.8, 4) is 0 Å². The number of aliphatic carboxylic acids is 1. The summed E-state index contributed by atoms with van der Waals surface area (Å²) in [5.74, 6) is -1.44. The molecule has 0 bridgehead atoms. The van der Waals surface area contributed by atoms with Crippen LogP contribution < -0.4 is 5.32 Å². The molecule has 2 rings (SSSR count). The molecule has 0 unspecified atom stereocenters. The first-order valence-corrected chi connectivity index (χ1v) is 8.12. The summed E-state index contributed by atoms with van der Waals surface area (Å²) in [6.45, 7) is 0. The summed E-state index contributed by atoms with van der Waals surface area (Å²) in [7, 11) is 0. The number of carboxylic acid groups (broad SMARTS) is 1. The van der Waals surface area contributed by atoms with Crippen molar-refractivity contribution in [2.24, 2.45) is 11.8 Å². The molecule has 1 aromatic carbocycles. The third-order valence-electron chi connectivity index (χ3n) is 3.74. The Hall–Kier alpha value is -0.780. The largest absolute Gasteiger partial charge is 0.481 e. The average molecular weight is 395 g/mol. The summed E-state index contributed by atoms with van der Waals surface area (Å²) in [5.41, 5.74) is 0.468. The number of nitrogens with one attached hydrogen (secondary N) is 1. The Morgan fingerprint density at radius 1 is 1.10 bits per heavy atom. The summed E-state index contributed by atoms with van der Waals surface area (Å²) < 4.78 is 0.661. The standard InChI is InChI=1S/C14H14BrCl2NO3/c15-9-5-6-10(12(17)11(9)16)18-13(19)7-1-3-8(4-2-7)14(20)21/h5-8H,1-4H2,(H,18,19)(H,20,21). The summed E-state index contributed by atoms with van der Waals surface area (Å²) in [5, 5.41) is 12.4. The third-order valence-corrected chi connectivity index (χ3v) is 5.51. The molecule has 1 aliphatic carbocycles. The smallest absolute Gasteiger partial charge is 0.306 e. The Morgan fingerprint density at radius 2 is 1.67 bits per heavy atom. The van der Waals surface area contributed by atoms with Gasteiger partial charge in [0, 0.05) is 10.4 Å². The molecule has 0 spiro atoms. The lowest BCUT2D eigenvalue weighted by molar-refractivity contribution is -0.143. The molecule has 0 atom stereocenters. The van der Waals surface area contributed by atoms with Crippen LogP contribution in [0.5, 0.6) is 0 Å². The van der Waals surface area contributed by atoms with Gasteiger partial charge in [-0.25, -0.2) is 0 Å². The topological polar surface area (TPSA) is 66.4 Å². The van der Waals surface area contributed by atoms with Gasteiger partial charge in [-0.3, -0.25) is 9.59 Å². The molecule has 0 saturated heterocycles. The molecule has 0 aromatic heterocycles. The van der Waals surface area contributed by atoms with Crippen LogP contribution in [0.25, 0.3) is 0 Å². The van der Waals surface area contributed by atoms with Gasteiger partial charge in [0.2, 0.25) is 5.91 Å². The van der Waals surface area contributed by atoms with Crippen molar-refractivity contribution < 1.29 is 14.7 Å². The average Bonchev–Trinajstić information content (AvgIpc) is 2.48. The van der Waals surface area contributed by atoms with Crippen LogP contribution in [0.4, 0.5) is 5.69 Å². The van der Waals surface area contributed by atoms with Crippen LogP contribution in [0.1, 0.15) is 25.7 Å². The van der Waals surface area contributed by atoms with E-state index in [9.17, 15) is 9.59 Å². The monoisotopic (exact) mass is 393 g/mol.